The summed E-state index contributed by atoms with van der Waals surface area (Å²) in [6.07, 6.45) is 4.16. The van der Waals surface area contributed by atoms with Gasteiger partial charge in [-0.1, -0.05) is 6.92 Å². The van der Waals surface area contributed by atoms with Crippen molar-refractivity contribution >= 4 is 29.4 Å². The van der Waals surface area contributed by atoms with Crippen molar-refractivity contribution < 1.29 is 37.9 Å². The van der Waals surface area contributed by atoms with Gasteiger partial charge >= 0.3 is 5.97 Å². The van der Waals surface area contributed by atoms with E-state index in [4.69, 9.17) is 4.84 Å². The van der Waals surface area contributed by atoms with Crippen molar-refractivity contribution in [3.8, 4) is 0 Å². The molecule has 2 atom stereocenters. The molecule has 15 heteroatoms. The highest BCUT2D eigenvalue weighted by Gasteiger charge is 2.42. The average Bonchev–Trinajstić information content (AvgIpc) is 3.54. The molecule has 0 spiro atoms. The molecule has 210 valence electrons. The number of nitrogens with zero attached hydrogens (tertiary/aromatic N) is 6. The van der Waals surface area contributed by atoms with Crippen LogP contribution < -0.4 is 5.32 Å². The highest BCUT2D eigenvalue weighted by Crippen LogP contribution is 2.41. The number of carbonyl (C=O) groups excluding carboxylic acids is 4. The van der Waals surface area contributed by atoms with E-state index in [0.29, 0.717) is 22.4 Å². The SMILES string of the molecule is Cc1cncnc1[C@H](C)[C@](O)(Cn1cncn1)c1cc(NC(=O)CCC(=O)ON2C(=O)CCC2=O)c(F)cc1F. The maximum Gasteiger partial charge on any atom is 0.333 e. The number of aliphatic hydroxyl groups is 1. The fourth-order valence-corrected chi connectivity index (χ4v) is 4.31. The fourth-order valence-electron chi connectivity index (χ4n) is 4.31. The van der Waals surface area contributed by atoms with E-state index in [1.165, 1.54) is 29.9 Å². The smallest absolute Gasteiger partial charge is 0.333 e. The van der Waals surface area contributed by atoms with Crippen LogP contribution in [0.3, 0.4) is 0 Å². The minimum atomic E-state index is -2.05. The molecule has 3 amide bonds. The Morgan fingerprint density at radius 3 is 2.50 bits per heavy atom. The number of hydroxylamine groups is 2. The maximum absolute atomic E-state index is 15.3. The van der Waals surface area contributed by atoms with Crippen LogP contribution in [0.1, 0.15) is 55.3 Å². The minimum absolute atomic E-state index is 0.0859. The lowest BCUT2D eigenvalue weighted by Crippen LogP contribution is -2.39. The second-order valence-electron chi connectivity index (χ2n) is 9.24. The summed E-state index contributed by atoms with van der Waals surface area (Å²) in [7, 11) is 0. The molecule has 0 bridgehead atoms. The van der Waals surface area contributed by atoms with Gasteiger partial charge in [-0.15, -0.1) is 5.06 Å². The van der Waals surface area contributed by atoms with Crippen molar-refractivity contribution in [1.82, 2.24) is 29.8 Å². The molecule has 1 aromatic carbocycles. The van der Waals surface area contributed by atoms with Gasteiger partial charge in [0.1, 0.15) is 36.2 Å². The van der Waals surface area contributed by atoms with Crippen molar-refractivity contribution in [3.05, 3.63) is 65.8 Å². The Kier molecular flexibility index (Phi) is 8.23. The Morgan fingerprint density at radius 2 is 1.85 bits per heavy atom. The van der Waals surface area contributed by atoms with E-state index in [1.54, 1.807) is 13.8 Å². The Labute approximate surface area is 226 Å². The summed E-state index contributed by atoms with van der Waals surface area (Å²) in [4.78, 5) is 64.4. The summed E-state index contributed by atoms with van der Waals surface area (Å²) < 4.78 is 31.3. The van der Waals surface area contributed by atoms with Crippen LogP contribution in [-0.4, -0.2) is 58.6 Å². The van der Waals surface area contributed by atoms with Gasteiger partial charge in [0, 0.05) is 43.0 Å². The molecule has 13 nitrogen and oxygen atoms in total. The number of rotatable bonds is 10. The van der Waals surface area contributed by atoms with Crippen LogP contribution in [0, 0.1) is 18.6 Å². The number of halogens is 2. The quantitative estimate of drug-likeness (QED) is 0.350. The largest absolute Gasteiger partial charge is 0.382 e. The van der Waals surface area contributed by atoms with Gasteiger partial charge in [-0.3, -0.25) is 14.4 Å². The number of anilines is 1. The molecule has 0 radical (unpaired) electrons. The third-order valence-electron chi connectivity index (χ3n) is 6.48. The summed E-state index contributed by atoms with van der Waals surface area (Å²) in [5.41, 5.74) is -1.84. The van der Waals surface area contributed by atoms with E-state index in [0.717, 1.165) is 6.07 Å². The zero-order chi connectivity index (χ0) is 29.0. The van der Waals surface area contributed by atoms with Crippen LogP contribution in [0.15, 0.2) is 37.3 Å². The molecule has 1 fully saturated rings. The van der Waals surface area contributed by atoms with Gasteiger partial charge in [-0.2, -0.15) is 5.10 Å². The van der Waals surface area contributed by atoms with Crippen LogP contribution in [0.5, 0.6) is 0 Å². The van der Waals surface area contributed by atoms with E-state index >= 15 is 4.39 Å². The third kappa shape index (κ3) is 5.98. The van der Waals surface area contributed by atoms with E-state index in [1.807, 2.05) is 0 Å². The van der Waals surface area contributed by atoms with Gasteiger partial charge < -0.3 is 15.3 Å². The Morgan fingerprint density at radius 1 is 1.12 bits per heavy atom. The van der Waals surface area contributed by atoms with Gasteiger partial charge in [0.15, 0.2) is 0 Å². The molecule has 4 rings (SSSR count). The zero-order valence-corrected chi connectivity index (χ0v) is 21.5. The molecule has 2 aromatic heterocycles. The summed E-state index contributed by atoms with van der Waals surface area (Å²) in [5, 5.41) is 18.5. The highest BCUT2D eigenvalue weighted by molar-refractivity contribution is 6.01. The fraction of sp³-hybridized carbons (Fsp3) is 0.360. The molecule has 0 aliphatic carbocycles. The van der Waals surface area contributed by atoms with Crippen molar-refractivity contribution in [2.45, 2.75) is 57.6 Å². The van der Waals surface area contributed by atoms with Gasteiger partial charge in [-0.05, 0) is 18.6 Å². The molecule has 0 unspecified atom stereocenters. The predicted molar refractivity (Wildman–Crippen MR) is 131 cm³/mol. The van der Waals surface area contributed by atoms with Gasteiger partial charge in [0.2, 0.25) is 5.91 Å². The normalized spacial score (nSPS) is 15.6. The maximum atomic E-state index is 15.3. The van der Waals surface area contributed by atoms with Crippen molar-refractivity contribution in [2.75, 3.05) is 5.32 Å². The molecule has 3 heterocycles. The number of aromatic nitrogens is 5. The molecular formula is C25H25F2N7O6. The number of hydrogen-bond donors (Lipinski definition) is 2. The number of benzene rings is 1. The van der Waals surface area contributed by atoms with Crippen LogP contribution in [-0.2, 0) is 36.2 Å². The van der Waals surface area contributed by atoms with Gasteiger partial charge in [-0.25, -0.2) is 33.2 Å². The van der Waals surface area contributed by atoms with E-state index in [-0.39, 0.29) is 24.9 Å². The van der Waals surface area contributed by atoms with Crippen LogP contribution in [0.4, 0.5) is 14.5 Å². The number of carbonyl (C=O) groups is 4. The topological polar surface area (TPSA) is 169 Å². The first-order valence-corrected chi connectivity index (χ1v) is 12.2. The first-order valence-electron chi connectivity index (χ1n) is 12.2. The molecule has 1 aliphatic heterocycles. The van der Waals surface area contributed by atoms with E-state index in [2.05, 4.69) is 25.4 Å². The van der Waals surface area contributed by atoms with Crippen LogP contribution >= 0.6 is 0 Å². The number of aryl methyl sites for hydroxylation is 1. The molecule has 0 saturated carbocycles. The van der Waals surface area contributed by atoms with Crippen LogP contribution in [0.25, 0.3) is 0 Å². The van der Waals surface area contributed by atoms with Gasteiger partial charge in [0.25, 0.3) is 11.8 Å². The number of imide groups is 1. The average molecular weight is 558 g/mol. The standard InChI is InChI=1S/C25H25F2N7O6/c1-14-9-28-11-30-24(14)15(2)25(39,10-33-13-29-12-31-33)16-7-19(18(27)8-17(16)26)32-20(35)3-6-23(38)40-34-21(36)4-5-22(34)37/h7-9,11-13,15,39H,3-6,10H2,1-2H3,(H,32,35)/t15-,25+/m0/s1. The summed E-state index contributed by atoms with van der Waals surface area (Å²) >= 11 is 0. The van der Waals surface area contributed by atoms with Crippen molar-refractivity contribution in [1.29, 1.82) is 0 Å². The lowest BCUT2D eigenvalue weighted by Gasteiger charge is -2.35. The Balaban J connectivity index is 1.56. The first kappa shape index (κ1) is 28.4. The predicted octanol–water partition coefficient (Wildman–Crippen LogP) is 1.67. The second kappa shape index (κ2) is 11.6. The summed E-state index contributed by atoms with van der Waals surface area (Å²) in [6, 6.07) is 1.49. The van der Waals surface area contributed by atoms with Crippen molar-refractivity contribution in [2.24, 2.45) is 0 Å². The summed E-state index contributed by atoms with van der Waals surface area (Å²) in [6.45, 7) is 3.02. The van der Waals surface area contributed by atoms with E-state index < -0.39 is 65.4 Å². The molecule has 40 heavy (non-hydrogen) atoms. The molecule has 2 N–H and O–H groups in total. The third-order valence-corrected chi connectivity index (χ3v) is 6.48. The number of amides is 3. The first-order chi connectivity index (χ1) is 19.0. The lowest BCUT2D eigenvalue weighted by molar-refractivity contribution is -0.197. The van der Waals surface area contributed by atoms with Crippen LogP contribution in [0.2, 0.25) is 0 Å². The monoisotopic (exact) mass is 557 g/mol. The zero-order valence-electron chi connectivity index (χ0n) is 21.5. The molecule has 3 aromatic rings. The lowest BCUT2D eigenvalue weighted by atomic mass is 9.78. The molecule has 1 saturated heterocycles. The van der Waals surface area contributed by atoms with E-state index in [9.17, 15) is 28.7 Å². The Hall–Kier alpha value is -4.66. The minimum Gasteiger partial charge on any atom is -0.382 e. The summed E-state index contributed by atoms with van der Waals surface area (Å²) in [5.74, 6) is -6.28. The Bertz CT molecular complexity index is 1440. The number of nitrogens with one attached hydrogen (secondary N) is 1. The number of hydrogen-bond acceptors (Lipinski definition) is 10. The second-order valence-corrected chi connectivity index (χ2v) is 9.24. The highest BCUT2D eigenvalue weighted by atomic mass is 19.1. The van der Waals surface area contributed by atoms with Crippen molar-refractivity contribution in [3.63, 3.8) is 0 Å². The molecule has 1 aliphatic rings. The van der Waals surface area contributed by atoms with Gasteiger partial charge in [0.05, 0.1) is 24.3 Å². The molecular weight excluding hydrogens is 532 g/mol.